The van der Waals surface area contributed by atoms with Crippen LogP contribution in [0.4, 0.5) is 10.8 Å². The van der Waals surface area contributed by atoms with Crippen molar-refractivity contribution in [3.05, 3.63) is 53.2 Å². The van der Waals surface area contributed by atoms with Crippen LogP contribution in [0, 0.1) is 0 Å². The zero-order valence-electron chi connectivity index (χ0n) is 12.7. The first kappa shape index (κ1) is 15.6. The van der Waals surface area contributed by atoms with Gasteiger partial charge in [-0.15, -0.1) is 10.2 Å². The molecule has 0 atom stereocenters. The van der Waals surface area contributed by atoms with E-state index in [2.05, 4.69) is 25.7 Å². The highest BCUT2D eigenvalue weighted by atomic mass is 35.5. The number of amides is 1. The first-order valence-corrected chi connectivity index (χ1v) is 8.43. The van der Waals surface area contributed by atoms with Gasteiger partial charge in [-0.1, -0.05) is 35.1 Å². The smallest absolute Gasteiger partial charge is 0.248 e. The van der Waals surface area contributed by atoms with Crippen molar-refractivity contribution < 1.29 is 4.79 Å². The first-order valence-electron chi connectivity index (χ1n) is 7.24. The monoisotopic (exact) mass is 370 g/mol. The molecule has 0 saturated carbocycles. The fourth-order valence-electron chi connectivity index (χ4n) is 2.39. The zero-order chi connectivity index (χ0) is 17.4. The van der Waals surface area contributed by atoms with Crippen molar-refractivity contribution >= 4 is 50.6 Å². The summed E-state index contributed by atoms with van der Waals surface area (Å²) in [5.41, 5.74) is 8.09. The number of hydrogen-bond donors (Lipinski definition) is 3. The van der Waals surface area contributed by atoms with Gasteiger partial charge in [0.2, 0.25) is 11.0 Å². The average Bonchev–Trinajstić information content (AvgIpc) is 3.27. The number of aromatic amines is 1. The van der Waals surface area contributed by atoms with Gasteiger partial charge in [0.05, 0.1) is 22.4 Å². The van der Waals surface area contributed by atoms with Crippen LogP contribution in [0.1, 0.15) is 10.4 Å². The van der Waals surface area contributed by atoms with Gasteiger partial charge in [0.15, 0.2) is 0 Å². The van der Waals surface area contributed by atoms with Crippen LogP contribution in [0.2, 0.25) is 5.02 Å². The molecule has 124 valence electrons. The summed E-state index contributed by atoms with van der Waals surface area (Å²) in [5.74, 6) is -0.482. The van der Waals surface area contributed by atoms with Crippen LogP contribution < -0.4 is 11.1 Å². The second-order valence-corrected chi connectivity index (χ2v) is 6.60. The summed E-state index contributed by atoms with van der Waals surface area (Å²) >= 11 is 7.74. The molecular weight excluding hydrogens is 360 g/mol. The predicted molar refractivity (Wildman–Crippen MR) is 98.2 cm³/mol. The van der Waals surface area contributed by atoms with E-state index in [4.69, 9.17) is 17.3 Å². The van der Waals surface area contributed by atoms with Crippen LogP contribution in [0.25, 0.3) is 21.5 Å². The Labute approximate surface area is 150 Å². The molecule has 0 spiro atoms. The van der Waals surface area contributed by atoms with Crippen LogP contribution in [0.5, 0.6) is 0 Å². The predicted octanol–water partition coefficient (Wildman–Crippen LogP) is 3.58. The Kier molecular flexibility index (Phi) is 3.83. The molecule has 0 aliphatic rings. The minimum atomic E-state index is -0.482. The van der Waals surface area contributed by atoms with Gasteiger partial charge in [0.25, 0.3) is 0 Å². The van der Waals surface area contributed by atoms with Crippen molar-refractivity contribution in [2.75, 3.05) is 5.32 Å². The van der Waals surface area contributed by atoms with Gasteiger partial charge < -0.3 is 11.1 Å². The first-order chi connectivity index (χ1) is 12.1. The van der Waals surface area contributed by atoms with Crippen molar-refractivity contribution in [1.29, 1.82) is 0 Å². The summed E-state index contributed by atoms with van der Waals surface area (Å²) in [6.07, 6.45) is 1.67. The van der Waals surface area contributed by atoms with Crippen LogP contribution >= 0.6 is 22.9 Å². The van der Waals surface area contributed by atoms with Crippen molar-refractivity contribution in [2.24, 2.45) is 5.73 Å². The summed E-state index contributed by atoms with van der Waals surface area (Å²) in [6.45, 7) is 0. The number of nitrogens with zero attached hydrogens (tertiary/aromatic N) is 3. The van der Waals surface area contributed by atoms with Gasteiger partial charge in [0.1, 0.15) is 5.01 Å². The maximum atomic E-state index is 11.3. The number of nitrogens with two attached hydrogens (primary N) is 1. The van der Waals surface area contributed by atoms with E-state index in [1.165, 1.54) is 11.3 Å². The number of fused-ring (bicyclic) bond motifs is 1. The summed E-state index contributed by atoms with van der Waals surface area (Å²) in [5, 5.41) is 20.9. The Bertz CT molecular complexity index is 1090. The normalized spacial score (nSPS) is 10.9. The van der Waals surface area contributed by atoms with Crippen LogP contribution in [0.3, 0.4) is 0 Å². The number of rotatable bonds is 4. The maximum absolute atomic E-state index is 11.3. The largest absolute Gasteiger partial charge is 0.366 e. The molecule has 25 heavy (non-hydrogen) atoms. The molecule has 2 aromatic carbocycles. The van der Waals surface area contributed by atoms with Crippen molar-refractivity contribution in [2.45, 2.75) is 0 Å². The Morgan fingerprint density at radius 1 is 1.24 bits per heavy atom. The SMILES string of the molecule is NC(=O)c1cccc(-c2nnc(Nc3ccc4[nH]ncc4c3Cl)s2)c1. The summed E-state index contributed by atoms with van der Waals surface area (Å²) in [6, 6.07) is 10.7. The van der Waals surface area contributed by atoms with Crippen LogP contribution in [-0.4, -0.2) is 26.3 Å². The van der Waals surface area contributed by atoms with E-state index in [-0.39, 0.29) is 0 Å². The molecule has 2 heterocycles. The number of anilines is 2. The van der Waals surface area contributed by atoms with Crippen molar-refractivity contribution in [3.63, 3.8) is 0 Å². The molecule has 1 amide bonds. The molecular formula is C16H11ClN6OS. The summed E-state index contributed by atoms with van der Waals surface area (Å²) in [4.78, 5) is 11.3. The van der Waals surface area contributed by atoms with Gasteiger partial charge in [0, 0.05) is 16.5 Å². The molecule has 0 unspecified atom stereocenters. The lowest BCUT2D eigenvalue weighted by Gasteiger charge is -2.05. The molecule has 0 bridgehead atoms. The molecule has 0 fully saturated rings. The van der Waals surface area contributed by atoms with E-state index in [0.29, 0.717) is 26.4 Å². The summed E-state index contributed by atoms with van der Waals surface area (Å²) in [7, 11) is 0. The second kappa shape index (κ2) is 6.15. The Balaban J connectivity index is 1.64. The minimum Gasteiger partial charge on any atom is -0.366 e. The molecule has 4 N–H and O–H groups in total. The number of benzene rings is 2. The van der Waals surface area contributed by atoms with Crippen LogP contribution in [0.15, 0.2) is 42.6 Å². The third kappa shape index (κ3) is 2.92. The van der Waals surface area contributed by atoms with E-state index in [1.807, 2.05) is 18.2 Å². The second-order valence-electron chi connectivity index (χ2n) is 5.24. The lowest BCUT2D eigenvalue weighted by atomic mass is 10.1. The maximum Gasteiger partial charge on any atom is 0.248 e. The zero-order valence-corrected chi connectivity index (χ0v) is 14.2. The standard InChI is InChI=1S/C16H11ClN6OS/c17-13-10-7-19-21-11(10)4-5-12(13)20-16-23-22-15(25-16)9-3-1-2-8(6-9)14(18)24/h1-7H,(H2,18,24)(H,19,21)(H,20,23). The fourth-order valence-corrected chi connectivity index (χ4v) is 3.40. The molecule has 7 nitrogen and oxygen atoms in total. The molecule has 0 aliphatic heterocycles. The van der Waals surface area contributed by atoms with Crippen molar-refractivity contribution in [1.82, 2.24) is 20.4 Å². The fraction of sp³-hybridized carbons (Fsp3) is 0. The molecule has 0 radical (unpaired) electrons. The lowest BCUT2D eigenvalue weighted by molar-refractivity contribution is 0.100. The minimum absolute atomic E-state index is 0.427. The van der Waals surface area contributed by atoms with E-state index < -0.39 is 5.91 Å². The number of aromatic nitrogens is 4. The number of nitrogens with one attached hydrogen (secondary N) is 2. The number of primary amides is 1. The highest BCUT2D eigenvalue weighted by molar-refractivity contribution is 7.18. The van der Waals surface area contributed by atoms with Crippen LogP contribution in [-0.2, 0) is 0 Å². The molecule has 9 heteroatoms. The number of halogens is 1. The third-order valence-corrected chi connectivity index (χ3v) is 4.91. The number of carbonyl (C=O) groups excluding carboxylic acids is 1. The van der Waals surface area contributed by atoms with E-state index in [1.54, 1.807) is 24.4 Å². The van der Waals surface area contributed by atoms with Gasteiger partial charge in [-0.3, -0.25) is 9.89 Å². The van der Waals surface area contributed by atoms with Gasteiger partial charge in [-0.05, 0) is 24.3 Å². The molecule has 2 aromatic heterocycles. The summed E-state index contributed by atoms with van der Waals surface area (Å²) < 4.78 is 0. The lowest BCUT2D eigenvalue weighted by Crippen LogP contribution is -2.10. The topological polar surface area (TPSA) is 110 Å². The average molecular weight is 371 g/mol. The number of hydrogen-bond acceptors (Lipinski definition) is 6. The Hall–Kier alpha value is -2.97. The molecule has 4 aromatic rings. The Morgan fingerprint density at radius 2 is 2.12 bits per heavy atom. The van der Waals surface area contributed by atoms with Gasteiger partial charge in [-0.2, -0.15) is 5.10 Å². The molecule has 0 aliphatic carbocycles. The highest BCUT2D eigenvalue weighted by Gasteiger charge is 2.12. The van der Waals surface area contributed by atoms with Crippen molar-refractivity contribution in [3.8, 4) is 10.6 Å². The van der Waals surface area contributed by atoms with E-state index in [9.17, 15) is 4.79 Å². The number of H-pyrrole nitrogens is 1. The third-order valence-electron chi connectivity index (χ3n) is 3.62. The molecule has 4 rings (SSSR count). The van der Waals surface area contributed by atoms with Gasteiger partial charge >= 0.3 is 0 Å². The molecule has 0 saturated heterocycles. The Morgan fingerprint density at radius 3 is 2.96 bits per heavy atom. The highest BCUT2D eigenvalue weighted by Crippen LogP contribution is 2.34. The van der Waals surface area contributed by atoms with E-state index >= 15 is 0 Å². The number of carbonyl (C=O) groups is 1. The quantitative estimate of drug-likeness (QED) is 0.508. The van der Waals surface area contributed by atoms with E-state index in [0.717, 1.165) is 16.5 Å². The van der Waals surface area contributed by atoms with Gasteiger partial charge in [-0.25, -0.2) is 0 Å².